The van der Waals surface area contributed by atoms with Crippen LogP contribution in [0.25, 0.3) is 0 Å². The molecule has 0 saturated carbocycles. The number of hydrogen-bond donors (Lipinski definition) is 1. The highest BCUT2D eigenvalue weighted by molar-refractivity contribution is 5.50. The van der Waals surface area contributed by atoms with Crippen molar-refractivity contribution in [2.45, 2.75) is 6.92 Å². The van der Waals surface area contributed by atoms with Crippen molar-refractivity contribution in [3.63, 3.8) is 0 Å². The number of aromatic nitrogens is 2. The number of imidazole rings is 1. The Balaban J connectivity index is 2.14. The zero-order valence-corrected chi connectivity index (χ0v) is 11.0. The topological polar surface area (TPSA) is 45.6 Å². The molecule has 0 spiro atoms. The fourth-order valence-electron chi connectivity index (χ4n) is 1.68. The molecule has 1 N–H and O–H groups in total. The molecule has 0 atom stereocenters. The third-order valence-electron chi connectivity index (χ3n) is 2.65. The van der Waals surface area contributed by atoms with E-state index in [1.807, 2.05) is 59.9 Å². The second-order valence-electron chi connectivity index (χ2n) is 4.10. The molecule has 0 aliphatic rings. The number of rotatable bonds is 4. The van der Waals surface area contributed by atoms with E-state index in [9.17, 15) is 0 Å². The molecule has 0 amide bonds. The third kappa shape index (κ3) is 2.74. The highest BCUT2D eigenvalue weighted by Crippen LogP contribution is 2.18. The van der Waals surface area contributed by atoms with Crippen LogP contribution in [0.15, 0.2) is 46.9 Å². The molecule has 0 aliphatic carbocycles. The Labute approximate surface area is 107 Å². The van der Waals surface area contributed by atoms with Gasteiger partial charge in [-0.05, 0) is 31.2 Å². The average molecular weight is 244 g/mol. The van der Waals surface area contributed by atoms with Crippen LogP contribution in [0.5, 0.6) is 0 Å². The fraction of sp³-hybridized carbons (Fsp3) is 0.308. The smallest absolute Gasteiger partial charge is 0.385 e. The van der Waals surface area contributed by atoms with Crippen LogP contribution in [0.1, 0.15) is 6.92 Å². The number of nitrogens with zero attached hydrogens (tertiary/aromatic N) is 4. The molecule has 1 aromatic carbocycles. The van der Waals surface area contributed by atoms with Crippen molar-refractivity contribution >= 4 is 17.3 Å². The lowest BCUT2D eigenvalue weighted by molar-refractivity contribution is -0.657. The maximum atomic E-state index is 4.24. The number of benzene rings is 1. The van der Waals surface area contributed by atoms with E-state index in [4.69, 9.17) is 0 Å². The fourth-order valence-corrected chi connectivity index (χ4v) is 1.68. The summed E-state index contributed by atoms with van der Waals surface area (Å²) in [7, 11) is 3.89. The molecule has 5 heteroatoms. The highest BCUT2D eigenvalue weighted by atomic mass is 15.3. The summed E-state index contributed by atoms with van der Waals surface area (Å²) in [6.07, 6.45) is 3.89. The molecule has 1 heterocycles. The molecule has 5 nitrogen and oxygen atoms in total. The largest absolute Gasteiger partial charge is 0.421 e. The second kappa shape index (κ2) is 5.44. The Kier molecular flexibility index (Phi) is 3.72. The molecule has 2 aromatic rings. The average Bonchev–Trinajstić information content (AvgIpc) is 2.69. The van der Waals surface area contributed by atoms with Crippen molar-refractivity contribution in [3.05, 3.63) is 36.7 Å². The van der Waals surface area contributed by atoms with E-state index in [2.05, 4.69) is 22.5 Å². The zero-order valence-electron chi connectivity index (χ0n) is 11.0. The molecule has 0 bridgehead atoms. The number of nitrogens with one attached hydrogen (secondary N) is 1. The van der Waals surface area contributed by atoms with Gasteiger partial charge in [0, 0.05) is 17.3 Å². The predicted molar refractivity (Wildman–Crippen MR) is 71.4 cm³/mol. The summed E-state index contributed by atoms with van der Waals surface area (Å²) in [6, 6.07) is 7.90. The number of hydrogen-bond acceptors (Lipinski definition) is 3. The highest BCUT2D eigenvalue weighted by Gasteiger charge is 2.09. The quantitative estimate of drug-likeness (QED) is 0.652. The van der Waals surface area contributed by atoms with Gasteiger partial charge in [0.05, 0.1) is 26.5 Å². The Morgan fingerprint density at radius 1 is 1.22 bits per heavy atom. The van der Waals surface area contributed by atoms with Gasteiger partial charge in [0.25, 0.3) is 0 Å². The van der Waals surface area contributed by atoms with Crippen LogP contribution in [0.4, 0.5) is 17.3 Å². The van der Waals surface area contributed by atoms with Gasteiger partial charge in [0.2, 0.25) is 0 Å². The van der Waals surface area contributed by atoms with Gasteiger partial charge < -0.3 is 5.32 Å². The second-order valence-corrected chi connectivity index (χ2v) is 4.10. The Morgan fingerprint density at radius 2 is 1.94 bits per heavy atom. The van der Waals surface area contributed by atoms with Crippen LogP contribution < -0.4 is 9.88 Å². The molecular weight excluding hydrogens is 226 g/mol. The lowest BCUT2D eigenvalue weighted by atomic mass is 10.3. The SMILES string of the molecule is CCNc1ccc(N=Nc2n(C)cc[n+]2C)cc1. The third-order valence-corrected chi connectivity index (χ3v) is 2.65. The Morgan fingerprint density at radius 3 is 2.50 bits per heavy atom. The van der Waals surface area contributed by atoms with Crippen molar-refractivity contribution in [1.82, 2.24) is 4.57 Å². The minimum atomic E-state index is 0.811. The van der Waals surface area contributed by atoms with Gasteiger partial charge in [-0.1, -0.05) is 5.11 Å². The molecule has 0 saturated heterocycles. The Hall–Kier alpha value is -2.17. The van der Waals surface area contributed by atoms with E-state index in [0.29, 0.717) is 0 Å². The van der Waals surface area contributed by atoms with Crippen LogP contribution in [-0.4, -0.2) is 11.1 Å². The molecule has 0 fully saturated rings. The summed E-state index contributed by atoms with van der Waals surface area (Å²) < 4.78 is 3.85. The first-order valence-electron chi connectivity index (χ1n) is 5.97. The molecular formula is C13H18N5+. The van der Waals surface area contributed by atoms with E-state index in [-0.39, 0.29) is 0 Å². The Bertz CT molecular complexity index is 520. The van der Waals surface area contributed by atoms with Gasteiger partial charge in [-0.15, -0.1) is 0 Å². The summed E-state index contributed by atoms with van der Waals surface area (Å²) in [5, 5.41) is 11.7. The van der Waals surface area contributed by atoms with Crippen molar-refractivity contribution in [2.75, 3.05) is 11.9 Å². The summed E-state index contributed by atoms with van der Waals surface area (Å²) in [5.41, 5.74) is 1.94. The summed E-state index contributed by atoms with van der Waals surface area (Å²) >= 11 is 0. The molecule has 94 valence electrons. The van der Waals surface area contributed by atoms with Gasteiger partial charge >= 0.3 is 5.95 Å². The first-order valence-corrected chi connectivity index (χ1v) is 5.97. The van der Waals surface area contributed by atoms with Gasteiger partial charge in [-0.3, -0.25) is 0 Å². The van der Waals surface area contributed by atoms with E-state index in [1.54, 1.807) is 0 Å². The molecule has 0 unspecified atom stereocenters. The van der Waals surface area contributed by atoms with Crippen molar-refractivity contribution in [2.24, 2.45) is 24.3 Å². The standard InChI is InChI=1S/C13H17N5/c1-4-14-11-5-7-12(8-6-11)15-16-13-17(2)9-10-18(13)3/h5-10H,4H2,1-3H3/p+1. The number of anilines is 1. The molecule has 2 rings (SSSR count). The van der Waals surface area contributed by atoms with Crippen molar-refractivity contribution in [1.29, 1.82) is 0 Å². The zero-order chi connectivity index (χ0) is 13.0. The van der Waals surface area contributed by atoms with Crippen LogP contribution in [0.3, 0.4) is 0 Å². The maximum Gasteiger partial charge on any atom is 0.421 e. The molecule has 0 aliphatic heterocycles. The van der Waals surface area contributed by atoms with E-state index in [0.717, 1.165) is 23.9 Å². The summed E-state index contributed by atoms with van der Waals surface area (Å²) in [4.78, 5) is 0. The monoisotopic (exact) mass is 244 g/mol. The minimum absolute atomic E-state index is 0.811. The van der Waals surface area contributed by atoms with Gasteiger partial charge in [0.1, 0.15) is 5.69 Å². The van der Waals surface area contributed by atoms with Gasteiger partial charge in [-0.25, -0.2) is 9.13 Å². The first-order chi connectivity index (χ1) is 8.70. The van der Waals surface area contributed by atoms with Crippen molar-refractivity contribution < 1.29 is 4.57 Å². The molecule has 0 radical (unpaired) electrons. The minimum Gasteiger partial charge on any atom is -0.385 e. The number of azo groups is 1. The normalized spacial score (nSPS) is 11.1. The lowest BCUT2D eigenvalue weighted by Gasteiger charge is -2.01. The van der Waals surface area contributed by atoms with E-state index >= 15 is 0 Å². The summed E-state index contributed by atoms with van der Waals surface area (Å²) in [6.45, 7) is 2.99. The first kappa shape index (κ1) is 12.3. The number of aryl methyl sites for hydroxylation is 2. The van der Waals surface area contributed by atoms with E-state index in [1.165, 1.54) is 0 Å². The van der Waals surface area contributed by atoms with Crippen LogP contribution in [0, 0.1) is 0 Å². The van der Waals surface area contributed by atoms with Crippen molar-refractivity contribution in [3.8, 4) is 0 Å². The van der Waals surface area contributed by atoms with Crippen LogP contribution >= 0.6 is 0 Å². The molecule has 1 aromatic heterocycles. The maximum absolute atomic E-state index is 4.24. The summed E-state index contributed by atoms with van der Waals surface area (Å²) in [5.74, 6) is 0.811. The molecule has 18 heavy (non-hydrogen) atoms. The lowest BCUT2D eigenvalue weighted by Crippen LogP contribution is -2.25. The van der Waals surface area contributed by atoms with Gasteiger partial charge in [0.15, 0.2) is 0 Å². The predicted octanol–water partition coefficient (Wildman–Crippen LogP) is 2.70. The van der Waals surface area contributed by atoms with Crippen LogP contribution in [-0.2, 0) is 14.1 Å². The van der Waals surface area contributed by atoms with Gasteiger partial charge in [-0.2, -0.15) is 0 Å². The van der Waals surface area contributed by atoms with Crippen LogP contribution in [0.2, 0.25) is 0 Å². The van der Waals surface area contributed by atoms with E-state index < -0.39 is 0 Å².